The monoisotopic (exact) mass is 302 g/mol. The third-order valence-electron chi connectivity index (χ3n) is 3.25. The predicted molar refractivity (Wildman–Crippen MR) is 80.7 cm³/mol. The summed E-state index contributed by atoms with van der Waals surface area (Å²) < 4.78 is 0. The molecule has 5 nitrogen and oxygen atoms in total. The van der Waals surface area contributed by atoms with Crippen molar-refractivity contribution in [1.29, 1.82) is 0 Å². The van der Waals surface area contributed by atoms with Gasteiger partial charge in [0, 0.05) is 5.02 Å². The van der Waals surface area contributed by atoms with Crippen LogP contribution in [0.4, 0.5) is 0 Å². The highest BCUT2D eigenvalue weighted by molar-refractivity contribution is 6.30. The van der Waals surface area contributed by atoms with Crippen molar-refractivity contribution in [3.05, 3.63) is 79.3 Å². The van der Waals surface area contributed by atoms with Crippen LogP contribution in [0.5, 0.6) is 0 Å². The Balaban J connectivity index is 2.08. The number of rotatable bonds is 2. The third-order valence-corrected chi connectivity index (χ3v) is 3.50. The SMILES string of the molecule is O=c1[nH]c2ccc(C(O)c3ccc(Cl)cc3)cc2[nH]c1=O. The van der Waals surface area contributed by atoms with Crippen LogP contribution in [-0.4, -0.2) is 15.1 Å². The molecular formula is C15H11ClN2O3. The lowest BCUT2D eigenvalue weighted by Crippen LogP contribution is -2.28. The topological polar surface area (TPSA) is 85.9 Å². The number of H-pyrrole nitrogens is 2. The van der Waals surface area contributed by atoms with Gasteiger partial charge in [-0.25, -0.2) is 0 Å². The highest BCUT2D eigenvalue weighted by atomic mass is 35.5. The summed E-state index contributed by atoms with van der Waals surface area (Å²) in [6.07, 6.45) is -0.845. The minimum absolute atomic E-state index is 0.463. The normalized spacial score (nSPS) is 12.5. The molecule has 0 spiro atoms. The smallest absolute Gasteiger partial charge is 0.314 e. The van der Waals surface area contributed by atoms with E-state index in [4.69, 9.17) is 11.6 Å². The molecule has 21 heavy (non-hydrogen) atoms. The Kier molecular flexibility index (Phi) is 3.37. The molecule has 0 saturated heterocycles. The molecule has 6 heteroatoms. The number of hydrogen-bond donors (Lipinski definition) is 3. The Morgan fingerprint density at radius 3 is 2.10 bits per heavy atom. The van der Waals surface area contributed by atoms with E-state index < -0.39 is 17.2 Å². The summed E-state index contributed by atoms with van der Waals surface area (Å²) in [5.41, 5.74) is 0.837. The fourth-order valence-electron chi connectivity index (χ4n) is 2.14. The van der Waals surface area contributed by atoms with E-state index in [1.165, 1.54) is 0 Å². The van der Waals surface area contributed by atoms with Crippen molar-refractivity contribution in [3.63, 3.8) is 0 Å². The van der Waals surface area contributed by atoms with E-state index in [-0.39, 0.29) is 0 Å². The number of aliphatic hydroxyl groups is 1. The average molecular weight is 303 g/mol. The zero-order valence-electron chi connectivity index (χ0n) is 10.8. The highest BCUT2D eigenvalue weighted by Gasteiger charge is 2.11. The number of hydrogen-bond acceptors (Lipinski definition) is 3. The molecule has 0 aliphatic carbocycles. The van der Waals surface area contributed by atoms with E-state index in [0.29, 0.717) is 27.2 Å². The molecule has 3 aromatic rings. The molecule has 0 fully saturated rings. The molecule has 1 aromatic heterocycles. The van der Waals surface area contributed by atoms with E-state index in [2.05, 4.69) is 9.97 Å². The lowest BCUT2D eigenvalue weighted by molar-refractivity contribution is 0.220. The summed E-state index contributed by atoms with van der Waals surface area (Å²) in [4.78, 5) is 27.5. The number of aromatic nitrogens is 2. The number of halogens is 1. The molecule has 3 N–H and O–H groups in total. The second-order valence-corrected chi connectivity index (χ2v) is 5.10. The first-order valence-corrected chi connectivity index (χ1v) is 6.62. The minimum Gasteiger partial charge on any atom is -0.384 e. The number of fused-ring (bicyclic) bond motifs is 1. The van der Waals surface area contributed by atoms with Crippen LogP contribution in [0.3, 0.4) is 0 Å². The van der Waals surface area contributed by atoms with Crippen molar-refractivity contribution in [1.82, 2.24) is 9.97 Å². The van der Waals surface area contributed by atoms with E-state index in [9.17, 15) is 14.7 Å². The zero-order valence-corrected chi connectivity index (χ0v) is 11.5. The van der Waals surface area contributed by atoms with Gasteiger partial charge in [0.1, 0.15) is 6.10 Å². The highest BCUT2D eigenvalue weighted by Crippen LogP contribution is 2.24. The van der Waals surface area contributed by atoms with Crippen molar-refractivity contribution in [3.8, 4) is 0 Å². The first-order chi connectivity index (χ1) is 10.0. The van der Waals surface area contributed by atoms with Gasteiger partial charge in [0.2, 0.25) is 0 Å². The van der Waals surface area contributed by atoms with Crippen LogP contribution < -0.4 is 11.1 Å². The Morgan fingerprint density at radius 1 is 0.857 bits per heavy atom. The van der Waals surface area contributed by atoms with Crippen molar-refractivity contribution >= 4 is 22.6 Å². The maximum Gasteiger partial charge on any atom is 0.314 e. The summed E-state index contributed by atoms with van der Waals surface area (Å²) >= 11 is 5.82. The Hall–Kier alpha value is -2.37. The molecule has 2 aromatic carbocycles. The number of benzene rings is 2. The molecule has 0 aliphatic heterocycles. The van der Waals surface area contributed by atoms with Gasteiger partial charge >= 0.3 is 11.1 Å². The van der Waals surface area contributed by atoms with E-state index in [1.54, 1.807) is 42.5 Å². The van der Waals surface area contributed by atoms with Crippen LogP contribution in [-0.2, 0) is 0 Å². The summed E-state index contributed by atoms with van der Waals surface area (Å²) in [5, 5.41) is 10.9. The van der Waals surface area contributed by atoms with Crippen molar-refractivity contribution in [2.24, 2.45) is 0 Å². The average Bonchev–Trinajstić information content (AvgIpc) is 2.48. The zero-order chi connectivity index (χ0) is 15.0. The van der Waals surface area contributed by atoms with Gasteiger partial charge < -0.3 is 15.1 Å². The molecule has 0 saturated carbocycles. The maximum absolute atomic E-state index is 11.3. The van der Waals surface area contributed by atoms with Crippen molar-refractivity contribution in [2.75, 3.05) is 0 Å². The Labute approximate surface area is 123 Å². The quantitative estimate of drug-likeness (QED) is 0.632. The summed E-state index contributed by atoms with van der Waals surface area (Å²) in [6, 6.07) is 11.8. The fourth-order valence-corrected chi connectivity index (χ4v) is 2.27. The van der Waals surface area contributed by atoms with Gasteiger partial charge in [-0.15, -0.1) is 0 Å². The van der Waals surface area contributed by atoms with Crippen LogP contribution in [0.15, 0.2) is 52.1 Å². The van der Waals surface area contributed by atoms with Gasteiger partial charge in [-0.3, -0.25) is 9.59 Å². The predicted octanol–water partition coefficient (Wildman–Crippen LogP) is 1.95. The van der Waals surface area contributed by atoms with Crippen molar-refractivity contribution in [2.45, 2.75) is 6.10 Å². The molecule has 0 amide bonds. The maximum atomic E-state index is 11.3. The molecule has 1 unspecified atom stereocenters. The molecule has 1 atom stereocenters. The first kappa shape index (κ1) is 13.6. The lowest BCUT2D eigenvalue weighted by atomic mass is 10.0. The minimum atomic E-state index is -0.845. The lowest BCUT2D eigenvalue weighted by Gasteiger charge is -2.12. The summed E-state index contributed by atoms with van der Waals surface area (Å²) in [5.74, 6) is 0. The van der Waals surface area contributed by atoms with Gasteiger partial charge in [-0.05, 0) is 35.4 Å². The fraction of sp³-hybridized carbons (Fsp3) is 0.0667. The van der Waals surface area contributed by atoms with Crippen LogP contribution in [0, 0.1) is 0 Å². The van der Waals surface area contributed by atoms with E-state index in [1.807, 2.05) is 0 Å². The second-order valence-electron chi connectivity index (χ2n) is 4.67. The van der Waals surface area contributed by atoms with Gasteiger partial charge in [0.05, 0.1) is 11.0 Å². The molecular weight excluding hydrogens is 292 g/mol. The number of aliphatic hydroxyl groups excluding tert-OH is 1. The van der Waals surface area contributed by atoms with Gasteiger partial charge in [-0.1, -0.05) is 29.8 Å². The summed E-state index contributed by atoms with van der Waals surface area (Å²) in [7, 11) is 0. The van der Waals surface area contributed by atoms with Crippen LogP contribution in [0.2, 0.25) is 5.02 Å². The van der Waals surface area contributed by atoms with Crippen LogP contribution in [0.1, 0.15) is 17.2 Å². The molecule has 1 heterocycles. The number of aromatic amines is 2. The van der Waals surface area contributed by atoms with Crippen LogP contribution >= 0.6 is 11.6 Å². The van der Waals surface area contributed by atoms with Crippen LogP contribution in [0.25, 0.3) is 11.0 Å². The Morgan fingerprint density at radius 2 is 1.43 bits per heavy atom. The largest absolute Gasteiger partial charge is 0.384 e. The molecule has 0 radical (unpaired) electrons. The molecule has 0 bridgehead atoms. The number of nitrogens with one attached hydrogen (secondary N) is 2. The van der Waals surface area contributed by atoms with E-state index in [0.717, 1.165) is 0 Å². The first-order valence-electron chi connectivity index (χ1n) is 6.24. The standard InChI is InChI=1S/C15H11ClN2O3/c16-10-4-1-8(2-5-10)13(19)9-3-6-11-12(7-9)18-15(21)14(20)17-11/h1-7,13,19H,(H,17,20)(H,18,21). The molecule has 106 valence electrons. The second kappa shape index (κ2) is 5.20. The van der Waals surface area contributed by atoms with Gasteiger partial charge in [0.25, 0.3) is 0 Å². The molecule has 3 rings (SSSR count). The molecule has 0 aliphatic rings. The van der Waals surface area contributed by atoms with Crippen molar-refractivity contribution < 1.29 is 5.11 Å². The van der Waals surface area contributed by atoms with Gasteiger partial charge in [-0.2, -0.15) is 0 Å². The summed E-state index contributed by atoms with van der Waals surface area (Å²) in [6.45, 7) is 0. The third kappa shape index (κ3) is 2.61. The van der Waals surface area contributed by atoms with E-state index >= 15 is 0 Å². The Bertz CT molecular complexity index is 913. The van der Waals surface area contributed by atoms with Gasteiger partial charge in [0.15, 0.2) is 0 Å².